The molecule has 3 rings (SSSR count). The molecule has 5 nitrogen and oxygen atoms in total. The van der Waals surface area contributed by atoms with E-state index in [1.54, 1.807) is 31.2 Å². The zero-order valence-electron chi connectivity index (χ0n) is 12.3. The molecule has 0 saturated heterocycles. The topological polar surface area (TPSA) is 66.5 Å². The van der Waals surface area contributed by atoms with Crippen LogP contribution in [0.15, 0.2) is 42.5 Å². The third-order valence-electron chi connectivity index (χ3n) is 3.65. The van der Waals surface area contributed by atoms with Crippen LogP contribution in [0.5, 0.6) is 0 Å². The fourth-order valence-corrected chi connectivity index (χ4v) is 2.44. The van der Waals surface area contributed by atoms with Crippen molar-refractivity contribution >= 4 is 23.4 Å². The van der Waals surface area contributed by atoms with Crippen LogP contribution in [0.2, 0.25) is 0 Å². The van der Waals surface area contributed by atoms with E-state index in [0.717, 1.165) is 4.90 Å². The van der Waals surface area contributed by atoms with Gasteiger partial charge in [-0.1, -0.05) is 18.2 Å². The van der Waals surface area contributed by atoms with Crippen LogP contribution in [0.3, 0.4) is 0 Å². The number of hydrogen-bond acceptors (Lipinski definition) is 3. The van der Waals surface area contributed by atoms with Crippen LogP contribution in [0.4, 0.5) is 10.1 Å². The Bertz CT molecular complexity index is 797. The molecule has 0 radical (unpaired) electrons. The lowest BCUT2D eigenvalue weighted by Crippen LogP contribution is -2.37. The summed E-state index contributed by atoms with van der Waals surface area (Å²) in [5.74, 6) is -2.05. The molecule has 0 saturated carbocycles. The number of benzene rings is 2. The number of aryl methyl sites for hydroxylation is 1. The molecule has 23 heavy (non-hydrogen) atoms. The average Bonchev–Trinajstić information content (AvgIpc) is 2.76. The molecular formula is C17H13FN2O3. The Morgan fingerprint density at radius 3 is 2.30 bits per heavy atom. The second-order valence-electron chi connectivity index (χ2n) is 5.25. The lowest BCUT2D eigenvalue weighted by atomic mass is 10.1. The van der Waals surface area contributed by atoms with E-state index in [4.69, 9.17) is 0 Å². The molecule has 2 aromatic rings. The molecule has 0 unspecified atom stereocenters. The number of carbonyl (C=O) groups excluding carboxylic acids is 3. The van der Waals surface area contributed by atoms with Gasteiger partial charge in [0, 0.05) is 5.69 Å². The summed E-state index contributed by atoms with van der Waals surface area (Å²) in [6.45, 7) is 1.30. The zero-order valence-corrected chi connectivity index (χ0v) is 12.3. The van der Waals surface area contributed by atoms with Crippen LogP contribution < -0.4 is 5.32 Å². The van der Waals surface area contributed by atoms with Crippen molar-refractivity contribution in [2.45, 2.75) is 6.92 Å². The molecule has 0 aliphatic carbocycles. The summed E-state index contributed by atoms with van der Waals surface area (Å²) in [5, 5.41) is 2.52. The highest BCUT2D eigenvalue weighted by Gasteiger charge is 2.36. The third kappa shape index (κ3) is 2.70. The fraction of sp³-hybridized carbons (Fsp3) is 0.118. The first-order valence-electron chi connectivity index (χ1n) is 6.98. The zero-order chi connectivity index (χ0) is 16.6. The maximum atomic E-state index is 13.2. The number of halogens is 1. The summed E-state index contributed by atoms with van der Waals surface area (Å²) in [6, 6.07) is 10.4. The van der Waals surface area contributed by atoms with Gasteiger partial charge in [0.2, 0.25) is 5.91 Å². The van der Waals surface area contributed by atoms with E-state index in [1.807, 2.05) is 0 Å². The number of fused-ring (bicyclic) bond motifs is 1. The lowest BCUT2D eigenvalue weighted by Gasteiger charge is -2.14. The van der Waals surface area contributed by atoms with Crippen molar-refractivity contribution in [2.24, 2.45) is 0 Å². The van der Waals surface area contributed by atoms with E-state index >= 15 is 0 Å². The van der Waals surface area contributed by atoms with Crippen molar-refractivity contribution in [1.29, 1.82) is 0 Å². The van der Waals surface area contributed by atoms with Crippen LogP contribution in [0.25, 0.3) is 0 Å². The molecule has 1 heterocycles. The molecule has 1 aliphatic heterocycles. The van der Waals surface area contributed by atoms with Gasteiger partial charge in [0.15, 0.2) is 0 Å². The minimum Gasteiger partial charge on any atom is -0.324 e. The predicted octanol–water partition coefficient (Wildman–Crippen LogP) is 2.37. The molecule has 0 fully saturated rings. The molecular weight excluding hydrogens is 299 g/mol. The van der Waals surface area contributed by atoms with E-state index in [1.165, 1.54) is 18.2 Å². The maximum Gasteiger partial charge on any atom is 0.262 e. The molecule has 3 amide bonds. The highest BCUT2D eigenvalue weighted by atomic mass is 19.1. The Hall–Kier alpha value is -3.02. The van der Waals surface area contributed by atoms with Gasteiger partial charge in [-0.25, -0.2) is 4.39 Å². The average molecular weight is 312 g/mol. The highest BCUT2D eigenvalue weighted by molar-refractivity contribution is 6.22. The smallest absolute Gasteiger partial charge is 0.262 e. The standard InChI is InChI=1S/C17H13FN2O3/c1-10-6-7-11(18)8-14(10)19-15(21)9-20-16(22)12-4-2-3-5-13(12)17(20)23/h2-8H,9H2,1H3,(H,19,21). The molecule has 0 spiro atoms. The summed E-state index contributed by atoms with van der Waals surface area (Å²) >= 11 is 0. The Kier molecular flexibility index (Phi) is 3.65. The molecule has 1 N–H and O–H groups in total. The van der Waals surface area contributed by atoms with E-state index < -0.39 is 30.1 Å². The van der Waals surface area contributed by atoms with E-state index in [9.17, 15) is 18.8 Å². The summed E-state index contributed by atoms with van der Waals surface area (Å²) in [5.41, 5.74) is 1.56. The van der Waals surface area contributed by atoms with Crippen LogP contribution in [-0.2, 0) is 4.79 Å². The quantitative estimate of drug-likeness (QED) is 0.885. The second-order valence-corrected chi connectivity index (χ2v) is 5.25. The Morgan fingerprint density at radius 2 is 1.70 bits per heavy atom. The summed E-state index contributed by atoms with van der Waals surface area (Å²) in [4.78, 5) is 37.3. The normalized spacial score (nSPS) is 13.2. The van der Waals surface area contributed by atoms with Gasteiger partial charge < -0.3 is 5.32 Å². The van der Waals surface area contributed by atoms with E-state index in [2.05, 4.69) is 5.32 Å². The number of amides is 3. The molecule has 0 bridgehead atoms. The second kappa shape index (κ2) is 5.64. The predicted molar refractivity (Wildman–Crippen MR) is 81.6 cm³/mol. The van der Waals surface area contributed by atoms with Crippen LogP contribution in [-0.4, -0.2) is 29.2 Å². The number of anilines is 1. The Balaban J connectivity index is 1.76. The summed E-state index contributed by atoms with van der Waals surface area (Å²) < 4.78 is 13.2. The van der Waals surface area contributed by atoms with Crippen molar-refractivity contribution in [2.75, 3.05) is 11.9 Å². The summed E-state index contributed by atoms with van der Waals surface area (Å²) in [7, 11) is 0. The number of carbonyl (C=O) groups is 3. The monoisotopic (exact) mass is 312 g/mol. The van der Waals surface area contributed by atoms with Crippen molar-refractivity contribution < 1.29 is 18.8 Å². The van der Waals surface area contributed by atoms with Crippen molar-refractivity contribution in [3.8, 4) is 0 Å². The largest absolute Gasteiger partial charge is 0.324 e. The Labute approximate surface area is 131 Å². The first kappa shape index (κ1) is 14.9. The van der Waals surface area contributed by atoms with Gasteiger partial charge in [0.1, 0.15) is 12.4 Å². The van der Waals surface area contributed by atoms with Crippen LogP contribution >= 0.6 is 0 Å². The number of rotatable bonds is 3. The number of nitrogens with zero attached hydrogens (tertiary/aromatic N) is 1. The van der Waals surface area contributed by atoms with Gasteiger partial charge >= 0.3 is 0 Å². The molecule has 6 heteroatoms. The third-order valence-corrected chi connectivity index (χ3v) is 3.65. The van der Waals surface area contributed by atoms with E-state index in [0.29, 0.717) is 11.3 Å². The van der Waals surface area contributed by atoms with Crippen LogP contribution in [0, 0.1) is 12.7 Å². The molecule has 2 aromatic carbocycles. The number of nitrogens with one attached hydrogen (secondary N) is 1. The highest BCUT2D eigenvalue weighted by Crippen LogP contribution is 2.22. The van der Waals surface area contributed by atoms with Gasteiger partial charge in [0.25, 0.3) is 11.8 Å². The van der Waals surface area contributed by atoms with Gasteiger partial charge in [-0.2, -0.15) is 0 Å². The molecule has 0 aromatic heterocycles. The molecule has 0 atom stereocenters. The molecule has 1 aliphatic rings. The fourth-order valence-electron chi connectivity index (χ4n) is 2.44. The van der Waals surface area contributed by atoms with Crippen molar-refractivity contribution in [3.05, 3.63) is 65.0 Å². The first-order chi connectivity index (χ1) is 11.0. The lowest BCUT2D eigenvalue weighted by molar-refractivity contribution is -0.116. The summed E-state index contributed by atoms with van der Waals surface area (Å²) in [6.07, 6.45) is 0. The minimum absolute atomic E-state index is 0.284. The molecule has 116 valence electrons. The van der Waals surface area contributed by atoms with Gasteiger partial charge in [0.05, 0.1) is 11.1 Å². The van der Waals surface area contributed by atoms with E-state index in [-0.39, 0.29) is 11.1 Å². The maximum absolute atomic E-state index is 13.2. The van der Waals surface area contributed by atoms with Gasteiger partial charge in [-0.05, 0) is 36.8 Å². The Morgan fingerprint density at radius 1 is 1.09 bits per heavy atom. The van der Waals surface area contributed by atoms with Gasteiger partial charge in [-0.15, -0.1) is 0 Å². The number of imide groups is 1. The SMILES string of the molecule is Cc1ccc(F)cc1NC(=O)CN1C(=O)c2ccccc2C1=O. The minimum atomic E-state index is -0.562. The van der Waals surface area contributed by atoms with Crippen molar-refractivity contribution in [1.82, 2.24) is 4.90 Å². The van der Waals surface area contributed by atoms with Gasteiger partial charge in [-0.3, -0.25) is 19.3 Å². The van der Waals surface area contributed by atoms with Crippen LogP contribution in [0.1, 0.15) is 26.3 Å². The van der Waals surface area contributed by atoms with Crippen molar-refractivity contribution in [3.63, 3.8) is 0 Å². The number of hydrogen-bond donors (Lipinski definition) is 1. The first-order valence-corrected chi connectivity index (χ1v) is 6.98.